The van der Waals surface area contributed by atoms with E-state index < -0.39 is 6.16 Å². The maximum atomic E-state index is 11.9. The molecule has 0 amide bonds. The van der Waals surface area contributed by atoms with Gasteiger partial charge in [0, 0.05) is 19.2 Å². The van der Waals surface area contributed by atoms with Crippen LogP contribution in [0.1, 0.15) is 25.3 Å². The summed E-state index contributed by atoms with van der Waals surface area (Å²) in [6, 6.07) is 1.47. The van der Waals surface area contributed by atoms with Crippen LogP contribution < -0.4 is 4.74 Å². The predicted octanol–water partition coefficient (Wildman–Crippen LogP) is 2.13. The van der Waals surface area contributed by atoms with Crippen molar-refractivity contribution in [3.8, 4) is 11.8 Å². The molecular formula is C14H18N4O4. The highest BCUT2D eigenvalue weighted by Gasteiger charge is 2.22. The number of piperidine rings is 1. The number of aromatic amines is 1. The Bertz CT molecular complexity index is 691. The normalized spacial score (nSPS) is 16.8. The first-order chi connectivity index (χ1) is 10.5. The molecule has 0 aromatic carbocycles. The van der Waals surface area contributed by atoms with E-state index in [4.69, 9.17) is 9.57 Å². The summed E-state index contributed by atoms with van der Waals surface area (Å²) in [6.45, 7) is 5.35. The lowest BCUT2D eigenvalue weighted by atomic mass is 10.0. The van der Waals surface area contributed by atoms with Crippen LogP contribution in [0, 0.1) is 12.8 Å². The van der Waals surface area contributed by atoms with Gasteiger partial charge in [-0.2, -0.15) is 4.98 Å². The Kier molecular flexibility index (Phi) is 3.84. The number of ether oxygens (including phenoxy) is 1. The summed E-state index contributed by atoms with van der Waals surface area (Å²) in [5, 5.41) is 18.1. The minimum absolute atomic E-state index is 0.0929. The van der Waals surface area contributed by atoms with Gasteiger partial charge in [-0.3, -0.25) is 5.10 Å². The van der Waals surface area contributed by atoms with E-state index in [0.717, 1.165) is 12.8 Å². The average Bonchev–Trinajstić information content (AvgIpc) is 2.84. The van der Waals surface area contributed by atoms with E-state index in [1.807, 2.05) is 0 Å². The molecule has 118 valence electrons. The van der Waals surface area contributed by atoms with Gasteiger partial charge in [0.15, 0.2) is 5.65 Å². The van der Waals surface area contributed by atoms with Crippen LogP contribution in [0.2, 0.25) is 0 Å². The molecule has 8 nitrogen and oxygen atoms in total. The molecule has 2 aromatic heterocycles. The summed E-state index contributed by atoms with van der Waals surface area (Å²) in [4.78, 5) is 20.9. The first-order valence-corrected chi connectivity index (χ1v) is 7.22. The van der Waals surface area contributed by atoms with Gasteiger partial charge in [-0.1, -0.05) is 6.92 Å². The monoisotopic (exact) mass is 306 g/mol. The number of fused-ring (bicyclic) bond motifs is 1. The first kappa shape index (κ1) is 14.6. The number of rotatable bonds is 2. The fraction of sp³-hybridized carbons (Fsp3) is 0.500. The van der Waals surface area contributed by atoms with Gasteiger partial charge in [0.25, 0.3) is 5.88 Å². The molecule has 0 bridgehead atoms. The minimum Gasteiger partial charge on any atom is -0.493 e. The fourth-order valence-electron chi connectivity index (χ4n) is 2.52. The van der Waals surface area contributed by atoms with Gasteiger partial charge in [0.05, 0.1) is 5.39 Å². The summed E-state index contributed by atoms with van der Waals surface area (Å²) in [5.41, 5.74) is 1.05. The third-order valence-corrected chi connectivity index (χ3v) is 3.81. The fourth-order valence-corrected chi connectivity index (χ4v) is 2.52. The topological polar surface area (TPSA) is 101 Å². The van der Waals surface area contributed by atoms with E-state index in [1.165, 1.54) is 6.07 Å². The molecule has 8 heteroatoms. The maximum absolute atomic E-state index is 11.9. The van der Waals surface area contributed by atoms with Crippen LogP contribution in [0.4, 0.5) is 4.79 Å². The van der Waals surface area contributed by atoms with E-state index in [2.05, 4.69) is 22.1 Å². The number of hydrogen-bond acceptors (Lipinski definition) is 7. The molecule has 0 radical (unpaired) electrons. The van der Waals surface area contributed by atoms with Crippen molar-refractivity contribution in [3.05, 3.63) is 11.6 Å². The molecule has 3 heterocycles. The Morgan fingerprint density at radius 3 is 2.91 bits per heavy atom. The molecule has 0 aliphatic carbocycles. The van der Waals surface area contributed by atoms with Gasteiger partial charge in [0.2, 0.25) is 5.88 Å². The number of hydroxylamine groups is 2. The average molecular weight is 306 g/mol. The van der Waals surface area contributed by atoms with E-state index in [9.17, 15) is 9.90 Å². The summed E-state index contributed by atoms with van der Waals surface area (Å²) in [7, 11) is 0. The molecule has 0 atom stereocenters. The number of pyridine rings is 1. The number of aromatic nitrogens is 3. The number of nitrogens with zero attached hydrogens (tertiary/aromatic N) is 3. The van der Waals surface area contributed by atoms with Crippen molar-refractivity contribution in [1.82, 2.24) is 20.2 Å². The predicted molar refractivity (Wildman–Crippen MR) is 77.4 cm³/mol. The number of aryl methyl sites for hydroxylation is 1. The van der Waals surface area contributed by atoms with Gasteiger partial charge < -0.3 is 14.7 Å². The molecule has 22 heavy (non-hydrogen) atoms. The van der Waals surface area contributed by atoms with E-state index >= 15 is 0 Å². The van der Waals surface area contributed by atoms with E-state index in [1.54, 1.807) is 12.0 Å². The second-order valence-electron chi connectivity index (χ2n) is 5.60. The third kappa shape index (κ3) is 2.96. The van der Waals surface area contributed by atoms with Gasteiger partial charge >= 0.3 is 6.16 Å². The van der Waals surface area contributed by atoms with Crippen molar-refractivity contribution in [2.45, 2.75) is 26.7 Å². The van der Waals surface area contributed by atoms with Gasteiger partial charge in [-0.05, 0) is 31.2 Å². The molecule has 0 spiro atoms. The van der Waals surface area contributed by atoms with Gasteiger partial charge in [-0.15, -0.1) is 10.2 Å². The van der Waals surface area contributed by atoms with Crippen LogP contribution in [0.5, 0.6) is 11.8 Å². The lowest BCUT2D eigenvalue weighted by Crippen LogP contribution is -2.35. The number of hydrogen-bond donors (Lipinski definition) is 2. The van der Waals surface area contributed by atoms with E-state index in [-0.39, 0.29) is 11.8 Å². The summed E-state index contributed by atoms with van der Waals surface area (Å²) in [6.07, 6.45) is 1.15. The maximum Gasteiger partial charge on any atom is 0.534 e. The van der Waals surface area contributed by atoms with Crippen molar-refractivity contribution in [3.63, 3.8) is 0 Å². The van der Waals surface area contributed by atoms with Crippen molar-refractivity contribution in [2.75, 3.05) is 13.1 Å². The van der Waals surface area contributed by atoms with Gasteiger partial charge in [0.1, 0.15) is 0 Å². The summed E-state index contributed by atoms with van der Waals surface area (Å²) < 4.78 is 5.15. The summed E-state index contributed by atoms with van der Waals surface area (Å²) >= 11 is 0. The Hall–Kier alpha value is -2.35. The highest BCUT2D eigenvalue weighted by atomic mass is 16.8. The Labute approximate surface area is 127 Å². The zero-order valence-electron chi connectivity index (χ0n) is 12.5. The van der Waals surface area contributed by atoms with Crippen LogP contribution >= 0.6 is 0 Å². The molecule has 2 aromatic rings. The Morgan fingerprint density at radius 1 is 1.45 bits per heavy atom. The number of nitrogens with one attached hydrogen (secondary N) is 1. The number of aromatic hydroxyl groups is 1. The van der Waals surface area contributed by atoms with Crippen LogP contribution in [0.3, 0.4) is 0 Å². The zero-order chi connectivity index (χ0) is 15.7. The van der Waals surface area contributed by atoms with Crippen LogP contribution in [0.15, 0.2) is 6.07 Å². The van der Waals surface area contributed by atoms with Crippen molar-refractivity contribution in [1.29, 1.82) is 0 Å². The van der Waals surface area contributed by atoms with Crippen molar-refractivity contribution >= 4 is 17.2 Å². The quantitative estimate of drug-likeness (QED) is 0.820. The van der Waals surface area contributed by atoms with Crippen LogP contribution in [-0.4, -0.2) is 44.6 Å². The second kappa shape index (κ2) is 5.80. The van der Waals surface area contributed by atoms with Crippen molar-refractivity contribution in [2.24, 2.45) is 5.92 Å². The molecule has 0 unspecified atom stereocenters. The second-order valence-corrected chi connectivity index (χ2v) is 5.60. The van der Waals surface area contributed by atoms with Crippen molar-refractivity contribution < 1.29 is 19.5 Å². The molecule has 0 saturated carbocycles. The lowest BCUT2D eigenvalue weighted by Gasteiger charge is -2.27. The zero-order valence-corrected chi connectivity index (χ0v) is 12.5. The highest BCUT2D eigenvalue weighted by Crippen LogP contribution is 2.27. The molecule has 1 aliphatic heterocycles. The molecular weight excluding hydrogens is 288 g/mol. The molecule has 1 saturated heterocycles. The van der Waals surface area contributed by atoms with Gasteiger partial charge in [-0.25, -0.2) is 4.79 Å². The number of carbonyl (C=O) groups is 1. The molecule has 1 fully saturated rings. The van der Waals surface area contributed by atoms with Crippen LogP contribution in [-0.2, 0) is 4.84 Å². The summed E-state index contributed by atoms with van der Waals surface area (Å²) in [5.74, 6) is 0.619. The minimum atomic E-state index is -0.824. The highest BCUT2D eigenvalue weighted by molar-refractivity contribution is 5.86. The SMILES string of the molecule is Cc1cc(O)nc2[nH]nc(OC(=O)ON3CCC(C)CC3)c12. The smallest absolute Gasteiger partial charge is 0.493 e. The Balaban J connectivity index is 1.69. The Morgan fingerprint density at radius 2 is 2.18 bits per heavy atom. The van der Waals surface area contributed by atoms with Crippen LogP contribution in [0.25, 0.3) is 11.0 Å². The largest absolute Gasteiger partial charge is 0.534 e. The number of carbonyl (C=O) groups excluding carboxylic acids is 1. The standard InChI is InChI=1S/C14H18N4O4/c1-8-3-5-18(6-4-8)22-14(20)21-13-11-9(2)7-10(19)15-12(11)16-17-13/h7-8H,3-6H2,1-2H3,(H2,15,16,17,19). The number of H-pyrrole nitrogens is 1. The molecule has 2 N–H and O–H groups in total. The third-order valence-electron chi connectivity index (χ3n) is 3.81. The van der Waals surface area contributed by atoms with E-state index in [0.29, 0.717) is 35.6 Å². The lowest BCUT2D eigenvalue weighted by molar-refractivity contribution is -0.131. The first-order valence-electron chi connectivity index (χ1n) is 7.22. The molecule has 3 rings (SSSR count). The molecule has 1 aliphatic rings.